The molecule has 0 aromatic rings. The van der Waals surface area contributed by atoms with Crippen molar-refractivity contribution in [1.82, 2.24) is 0 Å². The van der Waals surface area contributed by atoms with E-state index < -0.39 is 0 Å². The zero-order chi connectivity index (χ0) is 4.83. The van der Waals surface area contributed by atoms with Gasteiger partial charge in [-0.25, -0.2) is 0 Å². The van der Waals surface area contributed by atoms with Crippen molar-refractivity contribution in [3.8, 4) is 0 Å². The summed E-state index contributed by atoms with van der Waals surface area (Å²) in [6.07, 6.45) is 1.14. The normalized spacial score (nSPS) is 8.33. The van der Waals surface area contributed by atoms with Crippen molar-refractivity contribution < 1.29 is 0 Å². The molecule has 31 valence electrons. The van der Waals surface area contributed by atoms with Crippen LogP contribution in [0.1, 0.15) is 13.3 Å². The molecule has 0 heterocycles. The van der Waals surface area contributed by atoms with Gasteiger partial charge in [-0.05, 0) is 0 Å². The zero-order valence-electron chi connectivity index (χ0n) is 4.44. The molecule has 0 amide bonds. The van der Waals surface area contributed by atoms with E-state index in [9.17, 15) is 0 Å². The van der Waals surface area contributed by atoms with Crippen molar-refractivity contribution in [2.45, 2.75) is 20.2 Å². The van der Waals surface area contributed by atoms with Crippen LogP contribution in [0.4, 0.5) is 0 Å². The molecule has 0 rings (SSSR count). The van der Waals surface area contributed by atoms with Crippen LogP contribution in [0, 0.1) is 0 Å². The average Bonchev–Trinajstić information content (AvgIpc) is 1.61. The van der Waals surface area contributed by atoms with Crippen LogP contribution >= 0.6 is 0 Å². The Labute approximate surface area is 41.1 Å². The van der Waals surface area contributed by atoms with E-state index >= 15 is 0 Å². The predicted molar refractivity (Wildman–Crippen MR) is 33.7 cm³/mol. The molecule has 6 heavy (non-hydrogen) atoms. The van der Waals surface area contributed by atoms with Crippen molar-refractivity contribution >= 4 is 19.9 Å². The molecule has 0 bridgehead atoms. The number of rotatable bonds is 2. The van der Waals surface area contributed by atoms with Gasteiger partial charge in [0.05, 0.1) is 0 Å². The van der Waals surface area contributed by atoms with Gasteiger partial charge in [-0.1, -0.05) is 0 Å². The summed E-state index contributed by atoms with van der Waals surface area (Å²) in [6, 6.07) is 0. The molecule has 0 N–H and O–H groups in total. The first-order valence-electron chi connectivity index (χ1n) is 2.36. The van der Waals surface area contributed by atoms with Gasteiger partial charge in [0.15, 0.2) is 0 Å². The monoisotopic (exact) mass is 79.1 g/mol. The topological polar surface area (TPSA) is 0 Å². The molecule has 0 aliphatic carbocycles. The first kappa shape index (κ1) is 6.00. The molecule has 0 unspecified atom stereocenters. The SMILES string of the molecule is C[B]B=CCC. The van der Waals surface area contributed by atoms with Gasteiger partial charge in [-0.15, -0.1) is 0 Å². The fourth-order valence-electron chi connectivity index (χ4n) is 0.272. The quantitative estimate of drug-likeness (QED) is 0.424. The Hall–Kier alpha value is -0.000130. The van der Waals surface area contributed by atoms with E-state index in [4.69, 9.17) is 0 Å². The Morgan fingerprint density at radius 3 is 2.50 bits per heavy atom. The van der Waals surface area contributed by atoms with Gasteiger partial charge >= 0.3 is 40.1 Å². The maximum absolute atomic E-state index is 2.12. The minimum absolute atomic E-state index is 1.14. The standard InChI is InChI=1S/C4H9B2/c1-3-4-6-5-2/h4H,3H2,1-2H3. The fourth-order valence-corrected chi connectivity index (χ4v) is 0.272. The van der Waals surface area contributed by atoms with Crippen molar-refractivity contribution in [1.29, 1.82) is 0 Å². The summed E-state index contributed by atoms with van der Waals surface area (Å²) in [5, 5.41) is 0. The van der Waals surface area contributed by atoms with E-state index in [1.165, 1.54) is 0 Å². The third kappa shape index (κ3) is 4.00. The van der Waals surface area contributed by atoms with Crippen molar-refractivity contribution in [3.05, 3.63) is 0 Å². The predicted octanol–water partition coefficient (Wildman–Crippen LogP) is 0.570. The Balaban J connectivity index is 2.73. The van der Waals surface area contributed by atoms with Gasteiger partial charge < -0.3 is 0 Å². The van der Waals surface area contributed by atoms with Gasteiger partial charge in [0, 0.05) is 0 Å². The van der Waals surface area contributed by atoms with E-state index in [1.54, 1.807) is 0 Å². The average molecular weight is 78.7 g/mol. The molecule has 2 heteroatoms. The van der Waals surface area contributed by atoms with E-state index in [1.807, 2.05) is 14.0 Å². The van der Waals surface area contributed by atoms with E-state index in [-0.39, 0.29) is 0 Å². The summed E-state index contributed by atoms with van der Waals surface area (Å²) in [4.78, 5) is 0. The molecule has 0 aliphatic rings. The molecule has 0 fully saturated rings. The van der Waals surface area contributed by atoms with Gasteiger partial charge in [0.25, 0.3) is 0 Å². The second-order valence-corrected chi connectivity index (χ2v) is 1.17. The zero-order valence-corrected chi connectivity index (χ0v) is 4.44. The van der Waals surface area contributed by atoms with Crippen LogP contribution in [-0.2, 0) is 0 Å². The van der Waals surface area contributed by atoms with Gasteiger partial charge in [-0.2, -0.15) is 0 Å². The third-order valence-electron chi connectivity index (χ3n) is 0.564. The second kappa shape index (κ2) is 5.00. The molecule has 1 radical (unpaired) electrons. The molecule has 0 aliphatic heterocycles. The fraction of sp³-hybridized carbons (Fsp3) is 0.750. The summed E-state index contributed by atoms with van der Waals surface area (Å²) >= 11 is 0. The molecule has 0 aromatic carbocycles. The Kier molecular flexibility index (Phi) is 5.00. The van der Waals surface area contributed by atoms with Crippen LogP contribution in [0.25, 0.3) is 0 Å². The first-order chi connectivity index (χ1) is 2.91. The van der Waals surface area contributed by atoms with Crippen molar-refractivity contribution in [2.75, 3.05) is 0 Å². The molecule has 0 spiro atoms. The Bertz CT molecular complexity index is 34.8. The molecular formula is C4H9B2. The summed E-state index contributed by atoms with van der Waals surface area (Å²) < 4.78 is 0. The number of hydrogen-bond donors (Lipinski definition) is 0. The van der Waals surface area contributed by atoms with E-state index in [0.717, 1.165) is 6.42 Å². The van der Waals surface area contributed by atoms with E-state index in [2.05, 4.69) is 19.7 Å². The van der Waals surface area contributed by atoms with Crippen molar-refractivity contribution in [2.24, 2.45) is 0 Å². The Morgan fingerprint density at radius 1 is 1.67 bits per heavy atom. The van der Waals surface area contributed by atoms with E-state index in [0.29, 0.717) is 0 Å². The van der Waals surface area contributed by atoms with Crippen LogP contribution in [0.5, 0.6) is 0 Å². The summed E-state index contributed by atoms with van der Waals surface area (Å²) in [6.45, 7) is 6.20. The molecule has 0 saturated carbocycles. The van der Waals surface area contributed by atoms with Crippen LogP contribution < -0.4 is 0 Å². The van der Waals surface area contributed by atoms with Crippen LogP contribution in [0.2, 0.25) is 6.82 Å². The van der Waals surface area contributed by atoms with Crippen LogP contribution in [0.3, 0.4) is 0 Å². The summed E-state index contributed by atoms with van der Waals surface area (Å²) in [5.41, 5.74) is 0. The van der Waals surface area contributed by atoms with Crippen LogP contribution in [-0.4, -0.2) is 19.9 Å². The minimum atomic E-state index is 1.14. The molecular weight excluding hydrogens is 69.7 g/mol. The van der Waals surface area contributed by atoms with Gasteiger partial charge in [0.2, 0.25) is 0 Å². The first-order valence-corrected chi connectivity index (χ1v) is 2.36. The second-order valence-electron chi connectivity index (χ2n) is 1.17. The third-order valence-corrected chi connectivity index (χ3v) is 0.564. The van der Waals surface area contributed by atoms with Crippen LogP contribution in [0.15, 0.2) is 0 Å². The van der Waals surface area contributed by atoms with Crippen molar-refractivity contribution in [3.63, 3.8) is 0 Å². The molecule has 0 atom stereocenters. The Morgan fingerprint density at radius 2 is 2.33 bits per heavy atom. The maximum atomic E-state index is 2.12. The summed E-state index contributed by atoms with van der Waals surface area (Å²) in [7, 11) is 2.03. The molecule has 0 saturated heterocycles. The summed E-state index contributed by atoms with van der Waals surface area (Å²) in [5.74, 6) is 2.12. The molecule has 0 nitrogen and oxygen atoms in total. The molecule has 0 aromatic heterocycles. The van der Waals surface area contributed by atoms with Gasteiger partial charge in [0.1, 0.15) is 0 Å². The van der Waals surface area contributed by atoms with Gasteiger partial charge in [-0.3, -0.25) is 0 Å². The number of hydrogen-bond acceptors (Lipinski definition) is 0.